The van der Waals surface area contributed by atoms with Crippen LogP contribution in [0.15, 0.2) is 18.3 Å². The molecule has 2 rings (SSSR count). The highest BCUT2D eigenvalue weighted by Gasteiger charge is 2.31. The monoisotopic (exact) mass is 222 g/mol. The van der Waals surface area contributed by atoms with E-state index in [1.54, 1.807) is 18.3 Å². The average Bonchev–Trinajstić information content (AvgIpc) is 2.81. The summed E-state index contributed by atoms with van der Waals surface area (Å²) in [5.41, 5.74) is 5.75. The number of aromatic amines is 1. The quantitative estimate of drug-likeness (QED) is 0.594. The summed E-state index contributed by atoms with van der Waals surface area (Å²) >= 11 is 0. The Labute approximate surface area is 92.8 Å². The summed E-state index contributed by atoms with van der Waals surface area (Å²) < 4.78 is 0. The van der Waals surface area contributed by atoms with E-state index in [2.05, 4.69) is 10.3 Å². The van der Waals surface area contributed by atoms with Gasteiger partial charge in [-0.1, -0.05) is 0 Å². The van der Waals surface area contributed by atoms with Crippen LogP contribution in [0.3, 0.4) is 0 Å². The van der Waals surface area contributed by atoms with E-state index in [1.165, 1.54) is 4.90 Å². The van der Waals surface area contributed by atoms with Crippen molar-refractivity contribution in [3.63, 3.8) is 0 Å². The Balaban J connectivity index is 2.17. The molecule has 1 unspecified atom stereocenters. The first kappa shape index (κ1) is 10.7. The number of carbonyl (C=O) groups is 2. The highest BCUT2D eigenvalue weighted by atomic mass is 16.2. The van der Waals surface area contributed by atoms with E-state index < -0.39 is 11.9 Å². The largest absolute Gasteiger partial charge is 0.368 e. The first-order chi connectivity index (χ1) is 7.70. The second-order valence-corrected chi connectivity index (χ2v) is 3.70. The Morgan fingerprint density at radius 1 is 1.50 bits per heavy atom. The number of piperazine rings is 1. The number of rotatable bonds is 2. The van der Waals surface area contributed by atoms with Crippen molar-refractivity contribution in [3.05, 3.63) is 24.0 Å². The highest BCUT2D eigenvalue weighted by Crippen LogP contribution is 2.08. The van der Waals surface area contributed by atoms with Gasteiger partial charge in [0.15, 0.2) is 0 Å². The maximum atomic E-state index is 12.0. The number of nitrogens with zero attached hydrogens (tertiary/aromatic N) is 1. The van der Waals surface area contributed by atoms with Gasteiger partial charge in [0.2, 0.25) is 5.91 Å². The van der Waals surface area contributed by atoms with Crippen LogP contribution >= 0.6 is 0 Å². The predicted octanol–water partition coefficient (Wildman–Crippen LogP) is -1.09. The van der Waals surface area contributed by atoms with E-state index in [9.17, 15) is 9.59 Å². The van der Waals surface area contributed by atoms with Gasteiger partial charge in [-0.3, -0.25) is 9.59 Å². The van der Waals surface area contributed by atoms with Crippen molar-refractivity contribution in [2.75, 3.05) is 19.6 Å². The van der Waals surface area contributed by atoms with Crippen LogP contribution in [-0.4, -0.2) is 47.4 Å². The van der Waals surface area contributed by atoms with Gasteiger partial charge in [0.1, 0.15) is 11.7 Å². The summed E-state index contributed by atoms with van der Waals surface area (Å²) in [6.07, 6.45) is 1.68. The molecule has 1 saturated heterocycles. The number of primary amides is 1. The number of carbonyl (C=O) groups excluding carboxylic acids is 2. The van der Waals surface area contributed by atoms with Gasteiger partial charge in [0.05, 0.1) is 0 Å². The van der Waals surface area contributed by atoms with Gasteiger partial charge in [0.25, 0.3) is 5.91 Å². The standard InChI is InChI=1S/C10H14N4O2/c11-9(15)8-6-12-4-5-14(8)10(16)7-2-1-3-13-7/h1-3,8,12-13H,4-6H2,(H2,11,15). The van der Waals surface area contributed by atoms with E-state index in [0.29, 0.717) is 25.3 Å². The molecule has 6 heteroatoms. The molecule has 0 aromatic carbocycles. The van der Waals surface area contributed by atoms with Gasteiger partial charge >= 0.3 is 0 Å². The SMILES string of the molecule is NC(=O)C1CNCCN1C(=O)c1ccc[nH]1. The number of hydrogen-bond donors (Lipinski definition) is 3. The molecule has 0 radical (unpaired) electrons. The topological polar surface area (TPSA) is 91.2 Å². The van der Waals surface area contributed by atoms with Gasteiger partial charge in [-0.2, -0.15) is 0 Å². The molecule has 1 aliphatic rings. The summed E-state index contributed by atoms with van der Waals surface area (Å²) in [5, 5.41) is 3.04. The third-order valence-corrected chi connectivity index (χ3v) is 2.66. The van der Waals surface area contributed by atoms with Crippen molar-refractivity contribution in [3.8, 4) is 0 Å². The molecule has 1 fully saturated rings. The number of nitrogens with two attached hydrogens (primary N) is 1. The lowest BCUT2D eigenvalue weighted by Crippen LogP contribution is -2.58. The molecule has 1 aromatic rings. The zero-order chi connectivity index (χ0) is 11.5. The van der Waals surface area contributed by atoms with Gasteiger partial charge < -0.3 is 20.9 Å². The molecule has 1 aromatic heterocycles. The summed E-state index contributed by atoms with van der Waals surface area (Å²) in [6.45, 7) is 1.59. The van der Waals surface area contributed by atoms with Crippen LogP contribution in [0.4, 0.5) is 0 Å². The van der Waals surface area contributed by atoms with E-state index in [0.717, 1.165) is 0 Å². The second-order valence-electron chi connectivity index (χ2n) is 3.70. The number of amides is 2. The third-order valence-electron chi connectivity index (χ3n) is 2.66. The summed E-state index contributed by atoms with van der Waals surface area (Å²) in [4.78, 5) is 27.6. The van der Waals surface area contributed by atoms with Crippen molar-refractivity contribution in [1.82, 2.24) is 15.2 Å². The van der Waals surface area contributed by atoms with Gasteiger partial charge in [-0.25, -0.2) is 0 Å². The lowest BCUT2D eigenvalue weighted by Gasteiger charge is -2.33. The van der Waals surface area contributed by atoms with Crippen LogP contribution in [-0.2, 0) is 4.79 Å². The molecule has 1 aliphatic heterocycles. The number of hydrogen-bond acceptors (Lipinski definition) is 3. The van der Waals surface area contributed by atoms with Crippen LogP contribution in [0.25, 0.3) is 0 Å². The second kappa shape index (κ2) is 4.36. The fraction of sp³-hybridized carbons (Fsp3) is 0.400. The highest BCUT2D eigenvalue weighted by molar-refractivity contribution is 5.96. The molecule has 2 amide bonds. The molecule has 0 aliphatic carbocycles. The van der Waals surface area contributed by atoms with Crippen LogP contribution in [0.2, 0.25) is 0 Å². The Hall–Kier alpha value is -1.82. The van der Waals surface area contributed by atoms with Crippen LogP contribution in [0.5, 0.6) is 0 Å². The van der Waals surface area contributed by atoms with Crippen LogP contribution in [0, 0.1) is 0 Å². The number of nitrogens with one attached hydrogen (secondary N) is 2. The first-order valence-corrected chi connectivity index (χ1v) is 5.14. The molecule has 0 bridgehead atoms. The lowest BCUT2D eigenvalue weighted by atomic mass is 10.1. The Morgan fingerprint density at radius 2 is 2.31 bits per heavy atom. The molecule has 6 nitrogen and oxygen atoms in total. The molecule has 1 atom stereocenters. The molecular formula is C10H14N4O2. The minimum atomic E-state index is -0.565. The Bertz CT molecular complexity index is 388. The third kappa shape index (κ3) is 1.92. The molecule has 4 N–H and O–H groups in total. The van der Waals surface area contributed by atoms with E-state index in [-0.39, 0.29) is 5.91 Å². The smallest absolute Gasteiger partial charge is 0.271 e. The molecule has 86 valence electrons. The average molecular weight is 222 g/mol. The fourth-order valence-electron chi connectivity index (χ4n) is 1.82. The minimum Gasteiger partial charge on any atom is -0.368 e. The van der Waals surface area contributed by atoms with Crippen LogP contribution in [0.1, 0.15) is 10.5 Å². The molecule has 2 heterocycles. The Kier molecular flexibility index (Phi) is 2.91. The number of aromatic nitrogens is 1. The van der Waals surface area contributed by atoms with E-state index in [1.807, 2.05) is 0 Å². The maximum Gasteiger partial charge on any atom is 0.271 e. The van der Waals surface area contributed by atoms with Crippen molar-refractivity contribution in [2.24, 2.45) is 5.73 Å². The van der Waals surface area contributed by atoms with Crippen molar-refractivity contribution < 1.29 is 9.59 Å². The van der Waals surface area contributed by atoms with Gasteiger partial charge in [0, 0.05) is 25.8 Å². The molecule has 16 heavy (non-hydrogen) atoms. The Morgan fingerprint density at radius 3 is 2.94 bits per heavy atom. The fourth-order valence-corrected chi connectivity index (χ4v) is 1.82. The maximum absolute atomic E-state index is 12.0. The molecule has 0 saturated carbocycles. The molecular weight excluding hydrogens is 208 g/mol. The van der Waals surface area contributed by atoms with Gasteiger partial charge in [-0.15, -0.1) is 0 Å². The number of H-pyrrole nitrogens is 1. The van der Waals surface area contributed by atoms with Gasteiger partial charge in [-0.05, 0) is 12.1 Å². The summed E-state index contributed by atoms with van der Waals surface area (Å²) in [7, 11) is 0. The lowest BCUT2D eigenvalue weighted by molar-refractivity contribution is -0.122. The van der Waals surface area contributed by atoms with Crippen molar-refractivity contribution in [2.45, 2.75) is 6.04 Å². The molecule has 0 spiro atoms. The van der Waals surface area contributed by atoms with Crippen molar-refractivity contribution in [1.29, 1.82) is 0 Å². The van der Waals surface area contributed by atoms with Crippen molar-refractivity contribution >= 4 is 11.8 Å². The minimum absolute atomic E-state index is 0.185. The summed E-state index contributed by atoms with van der Waals surface area (Å²) in [5.74, 6) is -0.664. The normalized spacial score (nSPS) is 20.8. The predicted molar refractivity (Wildman–Crippen MR) is 57.7 cm³/mol. The van der Waals surface area contributed by atoms with E-state index >= 15 is 0 Å². The van der Waals surface area contributed by atoms with E-state index in [4.69, 9.17) is 5.73 Å². The first-order valence-electron chi connectivity index (χ1n) is 5.14. The van der Waals surface area contributed by atoms with Crippen LogP contribution < -0.4 is 11.1 Å². The zero-order valence-corrected chi connectivity index (χ0v) is 8.77. The zero-order valence-electron chi connectivity index (χ0n) is 8.77. The summed E-state index contributed by atoms with van der Waals surface area (Å²) in [6, 6.07) is 2.86.